The summed E-state index contributed by atoms with van der Waals surface area (Å²) in [6, 6.07) is 0. The molecule has 0 N–H and O–H groups in total. The fourth-order valence-corrected chi connectivity index (χ4v) is 1.67. The molecule has 3 atom stereocenters. The van der Waals surface area contributed by atoms with E-state index in [2.05, 4.69) is 6.92 Å². The Morgan fingerprint density at radius 2 is 2.10 bits per heavy atom. The minimum Gasteiger partial charge on any atom is -0.375 e. The van der Waals surface area contributed by atoms with Gasteiger partial charge in [-0.05, 0) is 6.42 Å². The minimum absolute atomic E-state index is 0. The number of fused-ring (bicyclic) bond motifs is 1. The molecule has 0 saturated carbocycles. The zero-order valence-corrected chi connectivity index (χ0v) is 5.67. The lowest BCUT2D eigenvalue weighted by Crippen LogP contribution is -2.19. The summed E-state index contributed by atoms with van der Waals surface area (Å²) in [5, 5.41) is 0. The van der Waals surface area contributed by atoms with Gasteiger partial charge in [-0.15, -0.1) is 0 Å². The summed E-state index contributed by atoms with van der Waals surface area (Å²) in [6.07, 6.45) is 1.96. The molecule has 0 amide bonds. The summed E-state index contributed by atoms with van der Waals surface area (Å²) in [4.78, 5) is 0. The fraction of sp³-hybridized carbons (Fsp3) is 1.00. The maximum atomic E-state index is 5.46. The van der Waals surface area contributed by atoms with E-state index in [1.165, 1.54) is 0 Å². The summed E-state index contributed by atoms with van der Waals surface area (Å²) < 4.78 is 10.9. The van der Waals surface area contributed by atoms with Gasteiger partial charge in [0.05, 0.1) is 18.8 Å². The van der Waals surface area contributed by atoms with Crippen LogP contribution in [0.4, 0.5) is 0 Å². The van der Waals surface area contributed by atoms with E-state index >= 15 is 0 Å². The average molecular weight is 144 g/mol. The van der Waals surface area contributed by atoms with Crippen LogP contribution in [0.15, 0.2) is 0 Å². The molecular formula is C8H16O2. The molecule has 2 heterocycles. The molecule has 60 valence electrons. The molecule has 0 aromatic carbocycles. The highest BCUT2D eigenvalue weighted by Gasteiger charge is 2.38. The third-order valence-electron chi connectivity index (χ3n) is 2.21. The van der Waals surface area contributed by atoms with Crippen molar-refractivity contribution in [3.63, 3.8) is 0 Å². The molecule has 3 unspecified atom stereocenters. The highest BCUT2D eigenvalue weighted by Crippen LogP contribution is 2.29. The second kappa shape index (κ2) is 2.89. The standard InChI is InChI=1S/C7H12O2.CH4/c1-5-4-9-6-2-3-8-7(5)6;/h5-7H,2-4H2,1H3;1H4. The number of hydrogen-bond donors (Lipinski definition) is 0. The van der Waals surface area contributed by atoms with Crippen molar-refractivity contribution in [3.05, 3.63) is 0 Å². The number of hydrogen-bond acceptors (Lipinski definition) is 2. The van der Waals surface area contributed by atoms with Crippen LogP contribution in [0.5, 0.6) is 0 Å². The van der Waals surface area contributed by atoms with Gasteiger partial charge in [-0.1, -0.05) is 14.4 Å². The van der Waals surface area contributed by atoms with Gasteiger partial charge in [0.1, 0.15) is 0 Å². The molecular weight excluding hydrogens is 128 g/mol. The first kappa shape index (κ1) is 8.02. The van der Waals surface area contributed by atoms with Crippen molar-refractivity contribution in [2.45, 2.75) is 33.0 Å². The first-order valence-corrected chi connectivity index (χ1v) is 3.61. The van der Waals surface area contributed by atoms with Crippen LogP contribution in [0.3, 0.4) is 0 Å². The smallest absolute Gasteiger partial charge is 0.0884 e. The maximum absolute atomic E-state index is 5.46. The van der Waals surface area contributed by atoms with Gasteiger partial charge in [-0.2, -0.15) is 0 Å². The van der Waals surface area contributed by atoms with Crippen molar-refractivity contribution in [3.8, 4) is 0 Å². The Morgan fingerprint density at radius 1 is 1.30 bits per heavy atom. The highest BCUT2D eigenvalue weighted by molar-refractivity contribution is 4.86. The summed E-state index contributed by atoms with van der Waals surface area (Å²) >= 11 is 0. The highest BCUT2D eigenvalue weighted by atomic mass is 16.6. The Hall–Kier alpha value is -0.0800. The van der Waals surface area contributed by atoms with E-state index in [1.807, 2.05) is 0 Å². The topological polar surface area (TPSA) is 18.5 Å². The predicted molar refractivity (Wildman–Crippen MR) is 40.0 cm³/mol. The molecule has 0 radical (unpaired) electrons. The molecule has 2 aliphatic heterocycles. The molecule has 0 aromatic heterocycles. The second-order valence-electron chi connectivity index (χ2n) is 2.97. The van der Waals surface area contributed by atoms with Crippen molar-refractivity contribution < 1.29 is 9.47 Å². The lowest BCUT2D eigenvalue weighted by atomic mass is 10.1. The molecule has 0 spiro atoms. The van der Waals surface area contributed by atoms with Crippen molar-refractivity contribution in [2.24, 2.45) is 5.92 Å². The minimum atomic E-state index is 0. The van der Waals surface area contributed by atoms with Crippen LogP contribution in [0.25, 0.3) is 0 Å². The molecule has 2 rings (SSSR count). The number of ether oxygens (including phenoxy) is 2. The average Bonchev–Trinajstić information content (AvgIpc) is 2.35. The van der Waals surface area contributed by atoms with E-state index in [0.29, 0.717) is 18.1 Å². The van der Waals surface area contributed by atoms with Gasteiger partial charge in [-0.25, -0.2) is 0 Å². The molecule has 0 aromatic rings. The van der Waals surface area contributed by atoms with Crippen molar-refractivity contribution >= 4 is 0 Å². The largest absolute Gasteiger partial charge is 0.375 e. The Labute approximate surface area is 62.5 Å². The third-order valence-corrected chi connectivity index (χ3v) is 2.21. The van der Waals surface area contributed by atoms with Gasteiger partial charge in [0.2, 0.25) is 0 Å². The van der Waals surface area contributed by atoms with Crippen LogP contribution in [0.1, 0.15) is 20.8 Å². The summed E-state index contributed by atoms with van der Waals surface area (Å²) in [7, 11) is 0. The molecule has 0 bridgehead atoms. The van der Waals surface area contributed by atoms with Gasteiger partial charge < -0.3 is 9.47 Å². The van der Waals surface area contributed by atoms with E-state index in [9.17, 15) is 0 Å². The normalized spacial score (nSPS) is 44.7. The summed E-state index contributed by atoms with van der Waals surface area (Å²) in [5.41, 5.74) is 0. The Balaban J connectivity index is 0.000000500. The molecule has 10 heavy (non-hydrogen) atoms. The lowest BCUT2D eigenvalue weighted by molar-refractivity contribution is 0.0658. The SMILES string of the molecule is C.CC1COC2CCOC12. The van der Waals surface area contributed by atoms with Crippen LogP contribution in [-0.2, 0) is 9.47 Å². The first-order chi connectivity index (χ1) is 4.38. The van der Waals surface area contributed by atoms with Crippen molar-refractivity contribution in [1.82, 2.24) is 0 Å². The number of rotatable bonds is 0. The van der Waals surface area contributed by atoms with Crippen LogP contribution in [0.2, 0.25) is 0 Å². The van der Waals surface area contributed by atoms with Crippen LogP contribution in [0, 0.1) is 5.92 Å². The van der Waals surface area contributed by atoms with Gasteiger partial charge in [-0.3, -0.25) is 0 Å². The van der Waals surface area contributed by atoms with Crippen LogP contribution >= 0.6 is 0 Å². The Bertz CT molecular complexity index is 114. The molecule has 2 nitrogen and oxygen atoms in total. The molecule has 0 aliphatic carbocycles. The Morgan fingerprint density at radius 3 is 2.80 bits per heavy atom. The zero-order valence-electron chi connectivity index (χ0n) is 5.67. The van der Waals surface area contributed by atoms with E-state index in [-0.39, 0.29) is 7.43 Å². The van der Waals surface area contributed by atoms with E-state index in [4.69, 9.17) is 9.47 Å². The van der Waals surface area contributed by atoms with Gasteiger partial charge in [0, 0.05) is 12.5 Å². The van der Waals surface area contributed by atoms with Gasteiger partial charge >= 0.3 is 0 Å². The van der Waals surface area contributed by atoms with Crippen molar-refractivity contribution in [1.29, 1.82) is 0 Å². The van der Waals surface area contributed by atoms with Crippen LogP contribution < -0.4 is 0 Å². The fourth-order valence-electron chi connectivity index (χ4n) is 1.67. The second-order valence-corrected chi connectivity index (χ2v) is 2.97. The van der Waals surface area contributed by atoms with E-state index in [0.717, 1.165) is 19.6 Å². The lowest BCUT2D eigenvalue weighted by Gasteiger charge is -2.08. The predicted octanol–water partition coefficient (Wildman–Crippen LogP) is 1.45. The zero-order chi connectivity index (χ0) is 6.27. The van der Waals surface area contributed by atoms with Gasteiger partial charge in [0.25, 0.3) is 0 Å². The van der Waals surface area contributed by atoms with E-state index in [1.54, 1.807) is 0 Å². The molecule has 2 saturated heterocycles. The summed E-state index contributed by atoms with van der Waals surface area (Å²) in [5.74, 6) is 0.623. The third kappa shape index (κ3) is 1.06. The maximum Gasteiger partial charge on any atom is 0.0884 e. The van der Waals surface area contributed by atoms with E-state index < -0.39 is 0 Å². The molecule has 2 heteroatoms. The summed E-state index contributed by atoms with van der Waals surface area (Å²) in [6.45, 7) is 3.99. The quantitative estimate of drug-likeness (QED) is 0.512. The molecule has 2 aliphatic rings. The van der Waals surface area contributed by atoms with Crippen LogP contribution in [-0.4, -0.2) is 25.4 Å². The van der Waals surface area contributed by atoms with Crippen molar-refractivity contribution in [2.75, 3.05) is 13.2 Å². The van der Waals surface area contributed by atoms with Gasteiger partial charge in [0.15, 0.2) is 0 Å². The Kier molecular flexibility index (Phi) is 2.32. The first-order valence-electron chi connectivity index (χ1n) is 3.61. The monoisotopic (exact) mass is 144 g/mol. The molecule has 2 fully saturated rings.